The summed E-state index contributed by atoms with van der Waals surface area (Å²) >= 11 is 0. The minimum atomic E-state index is -0.154. The average molecular weight is 360 g/mol. The van der Waals surface area contributed by atoms with Crippen LogP contribution >= 0.6 is 0 Å². The second-order valence-corrected chi connectivity index (χ2v) is 6.39. The Labute approximate surface area is 156 Å². The van der Waals surface area contributed by atoms with Crippen molar-refractivity contribution in [2.45, 2.75) is 6.42 Å². The maximum absolute atomic E-state index is 12.3. The molecule has 4 rings (SSSR count). The first-order valence-corrected chi connectivity index (χ1v) is 8.88. The van der Waals surface area contributed by atoms with E-state index in [0.717, 1.165) is 27.4 Å². The second-order valence-electron chi connectivity index (χ2n) is 6.39. The number of rotatable bonds is 6. The Kier molecular flexibility index (Phi) is 4.61. The van der Waals surface area contributed by atoms with Gasteiger partial charge in [0.15, 0.2) is 0 Å². The third-order valence-electron chi connectivity index (χ3n) is 4.59. The molecule has 0 radical (unpaired) electrons. The normalized spacial score (nSPS) is 11.0. The van der Waals surface area contributed by atoms with Gasteiger partial charge in [0.2, 0.25) is 5.91 Å². The van der Waals surface area contributed by atoms with E-state index in [4.69, 9.17) is 0 Å². The van der Waals surface area contributed by atoms with Gasteiger partial charge in [-0.15, -0.1) is 0 Å². The summed E-state index contributed by atoms with van der Waals surface area (Å²) < 4.78 is 0. The molecule has 2 heterocycles. The topological polar surface area (TPSA) is 89.8 Å². The fourth-order valence-corrected chi connectivity index (χ4v) is 3.25. The van der Waals surface area contributed by atoms with E-state index in [1.165, 1.54) is 0 Å². The molecule has 136 valence electrons. The Balaban J connectivity index is 1.27. The van der Waals surface area contributed by atoms with Crippen molar-refractivity contribution in [1.82, 2.24) is 20.6 Å². The minimum absolute atomic E-state index is 0.0684. The summed E-state index contributed by atoms with van der Waals surface area (Å²) in [4.78, 5) is 30.7. The van der Waals surface area contributed by atoms with Crippen LogP contribution in [-0.2, 0) is 11.2 Å². The van der Waals surface area contributed by atoms with Crippen molar-refractivity contribution >= 4 is 33.6 Å². The van der Waals surface area contributed by atoms with Crippen molar-refractivity contribution in [2.75, 3.05) is 13.1 Å². The van der Waals surface area contributed by atoms with E-state index in [0.29, 0.717) is 25.1 Å². The molecule has 0 saturated carbocycles. The molecule has 0 spiro atoms. The van der Waals surface area contributed by atoms with E-state index in [9.17, 15) is 9.59 Å². The van der Waals surface area contributed by atoms with Crippen molar-refractivity contribution in [3.63, 3.8) is 0 Å². The lowest BCUT2D eigenvalue weighted by Crippen LogP contribution is -2.35. The van der Waals surface area contributed by atoms with Gasteiger partial charge in [-0.05, 0) is 17.7 Å². The van der Waals surface area contributed by atoms with Crippen molar-refractivity contribution in [2.24, 2.45) is 0 Å². The van der Waals surface area contributed by atoms with Crippen molar-refractivity contribution in [3.05, 3.63) is 72.1 Å². The lowest BCUT2D eigenvalue weighted by molar-refractivity contribution is -0.120. The largest absolute Gasteiger partial charge is 0.361 e. The van der Waals surface area contributed by atoms with Crippen LogP contribution in [0.2, 0.25) is 0 Å². The van der Waals surface area contributed by atoms with Crippen LogP contribution in [0.15, 0.2) is 60.9 Å². The van der Waals surface area contributed by atoms with E-state index in [1.54, 1.807) is 6.20 Å². The monoisotopic (exact) mass is 360 g/mol. The number of carbonyl (C=O) groups excluding carboxylic acids is 2. The number of para-hydroxylation sites is 2. The van der Waals surface area contributed by atoms with Crippen molar-refractivity contribution < 1.29 is 9.59 Å². The van der Waals surface area contributed by atoms with Crippen molar-refractivity contribution in [1.29, 1.82) is 0 Å². The molecular weight excluding hydrogens is 340 g/mol. The Morgan fingerprint density at radius 1 is 0.778 bits per heavy atom. The summed E-state index contributed by atoms with van der Waals surface area (Å²) in [5.41, 5.74) is 3.52. The number of aromatic nitrogens is 2. The third-order valence-corrected chi connectivity index (χ3v) is 4.59. The van der Waals surface area contributed by atoms with Crippen LogP contribution in [0.3, 0.4) is 0 Å². The summed E-state index contributed by atoms with van der Waals surface area (Å²) in [5, 5.41) is 7.63. The molecule has 27 heavy (non-hydrogen) atoms. The first-order chi connectivity index (χ1) is 13.2. The molecule has 0 aliphatic heterocycles. The highest BCUT2D eigenvalue weighted by Crippen LogP contribution is 2.18. The van der Waals surface area contributed by atoms with Crippen LogP contribution in [0.1, 0.15) is 15.9 Å². The number of nitrogens with one attached hydrogen (secondary N) is 4. The molecule has 4 N–H and O–H groups in total. The van der Waals surface area contributed by atoms with E-state index in [2.05, 4.69) is 20.6 Å². The molecular formula is C21H20N4O2. The number of carbonyl (C=O) groups is 2. The Bertz CT molecular complexity index is 1110. The van der Waals surface area contributed by atoms with E-state index in [-0.39, 0.29) is 11.8 Å². The van der Waals surface area contributed by atoms with Crippen LogP contribution in [-0.4, -0.2) is 34.9 Å². The Morgan fingerprint density at radius 3 is 2.22 bits per heavy atom. The smallest absolute Gasteiger partial charge is 0.253 e. The lowest BCUT2D eigenvalue weighted by atomic mass is 10.1. The van der Waals surface area contributed by atoms with Gasteiger partial charge < -0.3 is 20.6 Å². The summed E-state index contributed by atoms with van der Waals surface area (Å²) in [6.45, 7) is 0.757. The number of H-pyrrole nitrogens is 2. The molecule has 0 unspecified atom stereocenters. The zero-order chi connectivity index (χ0) is 18.6. The summed E-state index contributed by atoms with van der Waals surface area (Å²) in [5.74, 6) is -0.223. The number of fused-ring (bicyclic) bond motifs is 2. The van der Waals surface area contributed by atoms with E-state index in [1.807, 2.05) is 54.7 Å². The van der Waals surface area contributed by atoms with Gasteiger partial charge in [-0.1, -0.05) is 36.4 Å². The third kappa shape index (κ3) is 3.55. The molecule has 4 aromatic rings. The van der Waals surface area contributed by atoms with Gasteiger partial charge in [-0.3, -0.25) is 9.59 Å². The number of hydrogen-bond donors (Lipinski definition) is 4. The fraction of sp³-hybridized carbons (Fsp3) is 0.143. The first-order valence-electron chi connectivity index (χ1n) is 8.88. The quantitative estimate of drug-likeness (QED) is 0.398. The SMILES string of the molecule is O=C(Cc1c[nH]c2ccccc12)NCCNC(=O)c1c[nH]c2ccccc12. The van der Waals surface area contributed by atoms with Crippen LogP contribution in [0, 0.1) is 0 Å². The molecule has 0 atom stereocenters. The Hall–Kier alpha value is -3.54. The van der Waals surface area contributed by atoms with E-state index < -0.39 is 0 Å². The number of hydrogen-bond acceptors (Lipinski definition) is 2. The number of amides is 2. The molecule has 0 fully saturated rings. The molecule has 0 aliphatic carbocycles. The van der Waals surface area contributed by atoms with Gasteiger partial charge in [0.05, 0.1) is 12.0 Å². The highest BCUT2D eigenvalue weighted by atomic mass is 16.2. The second kappa shape index (κ2) is 7.37. The molecule has 0 saturated heterocycles. The highest BCUT2D eigenvalue weighted by Gasteiger charge is 2.11. The first kappa shape index (κ1) is 16.9. The van der Waals surface area contributed by atoms with Gasteiger partial charge in [-0.2, -0.15) is 0 Å². The minimum Gasteiger partial charge on any atom is -0.361 e. The summed E-state index contributed by atoms with van der Waals surface area (Å²) in [6.07, 6.45) is 3.87. The molecule has 6 nitrogen and oxygen atoms in total. The molecule has 0 bridgehead atoms. The average Bonchev–Trinajstić information content (AvgIpc) is 3.30. The molecule has 2 amide bonds. The Morgan fingerprint density at radius 2 is 1.41 bits per heavy atom. The predicted molar refractivity (Wildman–Crippen MR) is 106 cm³/mol. The zero-order valence-electron chi connectivity index (χ0n) is 14.7. The number of aromatic amines is 2. The van der Waals surface area contributed by atoms with Gasteiger partial charge in [-0.25, -0.2) is 0 Å². The van der Waals surface area contributed by atoms with Gasteiger partial charge in [0.25, 0.3) is 5.91 Å². The summed E-state index contributed by atoms with van der Waals surface area (Å²) in [7, 11) is 0. The van der Waals surface area contributed by atoms with Crippen LogP contribution in [0.4, 0.5) is 0 Å². The highest BCUT2D eigenvalue weighted by molar-refractivity contribution is 6.06. The molecule has 6 heteroatoms. The molecule has 2 aromatic carbocycles. The van der Waals surface area contributed by atoms with Crippen LogP contribution < -0.4 is 10.6 Å². The zero-order valence-corrected chi connectivity index (χ0v) is 14.7. The van der Waals surface area contributed by atoms with Crippen LogP contribution in [0.25, 0.3) is 21.8 Å². The maximum atomic E-state index is 12.3. The van der Waals surface area contributed by atoms with Crippen LogP contribution in [0.5, 0.6) is 0 Å². The standard InChI is InChI=1S/C21H20N4O2/c26-20(11-14-12-24-18-7-3-1-5-15(14)18)22-9-10-23-21(27)17-13-25-19-8-4-2-6-16(17)19/h1-8,12-13,24-25H,9-11H2,(H,22,26)(H,23,27). The molecule has 0 aliphatic rings. The van der Waals surface area contributed by atoms with E-state index >= 15 is 0 Å². The lowest BCUT2D eigenvalue weighted by Gasteiger charge is -2.07. The van der Waals surface area contributed by atoms with Crippen molar-refractivity contribution in [3.8, 4) is 0 Å². The summed E-state index contributed by atoms with van der Waals surface area (Å²) in [6, 6.07) is 15.5. The maximum Gasteiger partial charge on any atom is 0.253 e. The fourth-order valence-electron chi connectivity index (χ4n) is 3.25. The number of benzene rings is 2. The predicted octanol–water partition coefficient (Wildman–Crippen LogP) is 2.74. The van der Waals surface area contributed by atoms with Gasteiger partial charge in [0.1, 0.15) is 0 Å². The molecule has 2 aromatic heterocycles. The van der Waals surface area contributed by atoms with Gasteiger partial charge >= 0.3 is 0 Å². The van der Waals surface area contributed by atoms with Gasteiger partial charge in [0, 0.05) is 47.3 Å².